The summed E-state index contributed by atoms with van der Waals surface area (Å²) >= 11 is 0. The summed E-state index contributed by atoms with van der Waals surface area (Å²) in [5.74, 6) is -0.246. The van der Waals surface area contributed by atoms with Crippen molar-refractivity contribution >= 4 is 5.97 Å². The number of aromatic nitrogens is 2. The van der Waals surface area contributed by atoms with Crippen LogP contribution in [0.15, 0.2) is 0 Å². The number of carbonyl (C=O) groups is 1. The first kappa shape index (κ1) is 13.5. The molecule has 2 N–H and O–H groups in total. The fraction of sp³-hybridized carbons (Fsp3) is 0.667. The van der Waals surface area contributed by atoms with Crippen LogP contribution in [0.3, 0.4) is 0 Å². The van der Waals surface area contributed by atoms with Crippen molar-refractivity contribution in [1.82, 2.24) is 4.73 Å². The number of rotatable bonds is 4. The molecule has 5 heteroatoms. The number of aliphatic carboxylic acids is 1. The van der Waals surface area contributed by atoms with Gasteiger partial charge in [0, 0.05) is 13.8 Å². The van der Waals surface area contributed by atoms with E-state index in [1.54, 1.807) is 0 Å². The van der Waals surface area contributed by atoms with Crippen LogP contribution in [-0.4, -0.2) is 21.0 Å². The van der Waals surface area contributed by atoms with E-state index in [-0.39, 0.29) is 18.3 Å². The Hall–Kier alpha value is -1.52. The van der Waals surface area contributed by atoms with Gasteiger partial charge in [0.2, 0.25) is 0 Å². The molecule has 0 unspecified atom stereocenters. The van der Waals surface area contributed by atoms with Gasteiger partial charge in [-0.3, -0.25) is 4.79 Å². The predicted octanol–water partition coefficient (Wildman–Crippen LogP) is 1.38. The van der Waals surface area contributed by atoms with Gasteiger partial charge in [-0.1, -0.05) is 13.8 Å². The zero-order valence-corrected chi connectivity index (χ0v) is 11.1. The molecule has 1 aromatic heterocycles. The maximum Gasteiger partial charge on any atom is 0.304 e. The smallest absolute Gasteiger partial charge is 0.304 e. The zero-order chi connectivity index (χ0) is 13.3. The molecule has 1 aromatic rings. The second-order valence-electron chi connectivity index (χ2n) is 4.85. The van der Waals surface area contributed by atoms with E-state index in [0.717, 1.165) is 16.1 Å². The van der Waals surface area contributed by atoms with Crippen molar-refractivity contribution < 1.29 is 19.7 Å². The van der Waals surface area contributed by atoms with Crippen LogP contribution in [0, 0.1) is 19.8 Å². The molecule has 0 radical (unpaired) electrons. The van der Waals surface area contributed by atoms with Crippen LogP contribution in [0.5, 0.6) is 0 Å². The van der Waals surface area contributed by atoms with Crippen LogP contribution >= 0.6 is 0 Å². The summed E-state index contributed by atoms with van der Waals surface area (Å²) < 4.78 is 2.98. The third kappa shape index (κ3) is 2.43. The molecule has 0 aliphatic heterocycles. The summed E-state index contributed by atoms with van der Waals surface area (Å²) in [6.45, 7) is 7.65. The Morgan fingerprint density at radius 3 is 2.24 bits per heavy atom. The lowest BCUT2D eigenvalue weighted by Crippen LogP contribution is -2.38. The number of nitrogens with zero attached hydrogens (tertiary/aromatic N) is 2. The van der Waals surface area contributed by atoms with Crippen molar-refractivity contribution in [2.45, 2.75) is 40.0 Å². The molecule has 1 atom stereocenters. The first-order valence-electron chi connectivity index (χ1n) is 5.76. The first-order valence-corrected chi connectivity index (χ1v) is 5.76. The number of imidazole rings is 1. The largest absolute Gasteiger partial charge is 0.481 e. The Morgan fingerprint density at radius 1 is 1.41 bits per heavy atom. The Labute approximate surface area is 101 Å². The Balaban J connectivity index is 3.28. The maximum atomic E-state index is 10.9. The van der Waals surface area contributed by atoms with Gasteiger partial charge in [0.15, 0.2) is 5.69 Å². The van der Waals surface area contributed by atoms with Crippen molar-refractivity contribution in [2.75, 3.05) is 0 Å². The molecule has 96 valence electrons. The van der Waals surface area contributed by atoms with Crippen LogP contribution in [0.1, 0.15) is 43.4 Å². The minimum Gasteiger partial charge on any atom is -0.481 e. The van der Waals surface area contributed by atoms with Gasteiger partial charge in [-0.15, -0.1) is 0 Å². The molecule has 1 rings (SSSR count). The standard InChI is InChI=1S/C12H20N2O3/c1-7(2)10(6-11(15)16)12-13(5)8(3)9(4)14(12)17/h7,10H,6H2,1-5H3,(H-,15,16,17)/p+1/t10-/m0/s1. The average molecular weight is 241 g/mol. The lowest BCUT2D eigenvalue weighted by molar-refractivity contribution is -0.687. The molecule has 0 aliphatic carbocycles. The Kier molecular flexibility index (Phi) is 3.80. The van der Waals surface area contributed by atoms with E-state index in [2.05, 4.69) is 0 Å². The van der Waals surface area contributed by atoms with Gasteiger partial charge < -0.3 is 10.3 Å². The SMILES string of the molecule is Cc1c(C)[n+](C)c([C@@H](CC(=O)O)C(C)C)n1O. The molecule has 0 spiro atoms. The van der Waals surface area contributed by atoms with Gasteiger partial charge in [-0.25, -0.2) is 4.57 Å². The molecular formula is C12H21N2O3+. The van der Waals surface area contributed by atoms with E-state index in [0.29, 0.717) is 5.82 Å². The molecule has 0 amide bonds. The summed E-state index contributed by atoms with van der Waals surface area (Å²) in [5, 5.41) is 19.0. The average Bonchev–Trinajstić information content (AvgIpc) is 2.40. The number of carboxylic acid groups (broad SMARTS) is 1. The summed E-state index contributed by atoms with van der Waals surface area (Å²) in [5.41, 5.74) is 1.69. The zero-order valence-electron chi connectivity index (χ0n) is 11.1. The van der Waals surface area contributed by atoms with E-state index in [9.17, 15) is 10.0 Å². The molecule has 5 nitrogen and oxygen atoms in total. The highest BCUT2D eigenvalue weighted by molar-refractivity contribution is 5.67. The molecule has 17 heavy (non-hydrogen) atoms. The molecule has 0 fully saturated rings. The van der Waals surface area contributed by atoms with Gasteiger partial charge in [0.1, 0.15) is 5.69 Å². The first-order chi connectivity index (χ1) is 7.77. The van der Waals surface area contributed by atoms with Crippen molar-refractivity contribution in [3.63, 3.8) is 0 Å². The highest BCUT2D eigenvalue weighted by atomic mass is 16.5. The summed E-state index contributed by atoms with van der Waals surface area (Å²) in [4.78, 5) is 10.9. The minimum atomic E-state index is -0.847. The summed E-state index contributed by atoms with van der Waals surface area (Å²) in [6, 6.07) is 0. The topological polar surface area (TPSA) is 66.3 Å². The number of carboxylic acids is 1. The molecule has 0 bridgehead atoms. The van der Waals surface area contributed by atoms with E-state index in [1.807, 2.05) is 39.3 Å². The highest BCUT2D eigenvalue weighted by Crippen LogP contribution is 2.26. The van der Waals surface area contributed by atoms with E-state index < -0.39 is 5.97 Å². The van der Waals surface area contributed by atoms with Gasteiger partial charge >= 0.3 is 11.8 Å². The lowest BCUT2D eigenvalue weighted by Gasteiger charge is -2.15. The lowest BCUT2D eigenvalue weighted by atomic mass is 9.91. The molecular weight excluding hydrogens is 220 g/mol. The van der Waals surface area contributed by atoms with Gasteiger partial charge in [0.25, 0.3) is 0 Å². The second kappa shape index (κ2) is 4.77. The predicted molar refractivity (Wildman–Crippen MR) is 62.1 cm³/mol. The molecule has 0 aromatic carbocycles. The van der Waals surface area contributed by atoms with Crippen molar-refractivity contribution in [2.24, 2.45) is 13.0 Å². The fourth-order valence-corrected chi connectivity index (χ4v) is 2.10. The van der Waals surface area contributed by atoms with Crippen LogP contribution in [0.25, 0.3) is 0 Å². The van der Waals surface area contributed by atoms with Crippen molar-refractivity contribution in [3.05, 3.63) is 17.2 Å². The van der Waals surface area contributed by atoms with Crippen molar-refractivity contribution in [3.8, 4) is 0 Å². The van der Waals surface area contributed by atoms with Crippen LogP contribution in [-0.2, 0) is 11.8 Å². The number of hydrogen-bond acceptors (Lipinski definition) is 2. The Bertz CT molecular complexity index is 410. The molecule has 0 aliphatic rings. The fourth-order valence-electron chi connectivity index (χ4n) is 2.10. The summed E-state index contributed by atoms with van der Waals surface area (Å²) in [6.07, 6.45) is 0.0228. The van der Waals surface area contributed by atoms with Crippen molar-refractivity contribution in [1.29, 1.82) is 0 Å². The monoisotopic (exact) mass is 241 g/mol. The third-order valence-electron chi connectivity index (χ3n) is 3.44. The van der Waals surface area contributed by atoms with Gasteiger partial charge in [0.05, 0.1) is 19.4 Å². The molecule has 1 heterocycles. The third-order valence-corrected chi connectivity index (χ3v) is 3.44. The Morgan fingerprint density at radius 2 is 1.94 bits per heavy atom. The van der Waals surface area contributed by atoms with Crippen LogP contribution < -0.4 is 4.57 Å². The van der Waals surface area contributed by atoms with Gasteiger partial charge in [-0.05, 0) is 10.6 Å². The summed E-state index contributed by atoms with van der Waals surface area (Å²) in [7, 11) is 1.85. The van der Waals surface area contributed by atoms with E-state index >= 15 is 0 Å². The quantitative estimate of drug-likeness (QED) is 0.618. The highest BCUT2D eigenvalue weighted by Gasteiger charge is 2.34. The van der Waals surface area contributed by atoms with E-state index in [1.165, 1.54) is 0 Å². The van der Waals surface area contributed by atoms with Crippen LogP contribution in [0.4, 0.5) is 0 Å². The number of hydrogen-bond donors (Lipinski definition) is 2. The van der Waals surface area contributed by atoms with Gasteiger partial charge in [-0.2, -0.15) is 0 Å². The maximum absolute atomic E-state index is 10.9. The molecule has 0 saturated carbocycles. The van der Waals surface area contributed by atoms with Crippen LogP contribution in [0.2, 0.25) is 0 Å². The normalized spacial score (nSPS) is 13.1. The van der Waals surface area contributed by atoms with E-state index in [4.69, 9.17) is 5.11 Å². The minimum absolute atomic E-state index is 0.0228. The molecule has 0 saturated heterocycles. The second-order valence-corrected chi connectivity index (χ2v) is 4.85.